The molecule has 0 nitrogen and oxygen atoms in total. The summed E-state index contributed by atoms with van der Waals surface area (Å²) in [4.78, 5) is 0. The second kappa shape index (κ2) is 7.42. The van der Waals surface area contributed by atoms with Crippen LogP contribution in [0.25, 0.3) is 0 Å². The van der Waals surface area contributed by atoms with Gasteiger partial charge in [-0.1, -0.05) is 32.5 Å². The Morgan fingerprint density at radius 2 is 0.846 bits per heavy atom. The van der Waals surface area contributed by atoms with E-state index in [1.54, 1.807) is 0 Å². The van der Waals surface area contributed by atoms with Gasteiger partial charge in [-0.3, -0.25) is 0 Å². The average molecular weight is 430 g/mol. The molecule has 0 bridgehead atoms. The Balaban J connectivity index is 6.09. The van der Waals surface area contributed by atoms with Crippen LogP contribution in [0.4, 0.5) is 52.7 Å². The minimum Gasteiger partial charge on any atom is -0.200 e. The smallest absolute Gasteiger partial charge is 0.200 e. The van der Waals surface area contributed by atoms with Gasteiger partial charge < -0.3 is 0 Å². The van der Waals surface area contributed by atoms with Crippen molar-refractivity contribution in [3.05, 3.63) is 0 Å². The molecule has 0 saturated carbocycles. The first-order valence-corrected chi connectivity index (χ1v) is 10.6. The van der Waals surface area contributed by atoms with Gasteiger partial charge in [0.15, 0.2) is 0 Å². The van der Waals surface area contributed by atoms with E-state index in [0.717, 1.165) is 6.92 Å². The number of alkyl halides is 12. The van der Waals surface area contributed by atoms with Gasteiger partial charge in [-0.25, -0.2) is 0 Å². The summed E-state index contributed by atoms with van der Waals surface area (Å²) in [6.07, 6.45) is -4.88. The first-order chi connectivity index (χ1) is 11.2. The molecule has 0 N–H and O–H groups in total. The van der Waals surface area contributed by atoms with Gasteiger partial charge in [0.05, 0.1) is 0 Å². The lowest BCUT2D eigenvalue weighted by Gasteiger charge is -2.41. The molecule has 158 valence electrons. The van der Waals surface area contributed by atoms with Crippen LogP contribution in [-0.4, -0.2) is 44.3 Å². The van der Waals surface area contributed by atoms with E-state index in [0.29, 0.717) is 0 Å². The molecule has 0 radical (unpaired) electrons. The molecule has 0 unspecified atom stereocenters. The van der Waals surface area contributed by atoms with Crippen LogP contribution in [0.3, 0.4) is 0 Å². The SMILES string of the molecule is CCCC(F)(F)C(F)(F)C(F)(F)C(F)(F)C(F)(F)C(F)(F)CC[SiH](C)C. The number of hydrogen-bond donors (Lipinski definition) is 0. The quantitative estimate of drug-likeness (QED) is 0.275. The van der Waals surface area contributed by atoms with Crippen LogP contribution in [0, 0.1) is 0 Å². The second-order valence-electron chi connectivity index (χ2n) is 6.39. The molecule has 0 aliphatic heterocycles. The summed E-state index contributed by atoms with van der Waals surface area (Å²) in [5.74, 6) is -40.4. The highest BCUT2D eigenvalue weighted by molar-refractivity contribution is 6.55. The largest absolute Gasteiger partial charge is 0.384 e. The summed E-state index contributed by atoms with van der Waals surface area (Å²) in [5, 5.41) is 0. The van der Waals surface area contributed by atoms with Crippen molar-refractivity contribution in [2.24, 2.45) is 0 Å². The molecule has 0 heterocycles. The normalized spacial score (nSPS) is 15.7. The van der Waals surface area contributed by atoms with E-state index < -0.39 is 69.6 Å². The maximum Gasteiger partial charge on any atom is 0.384 e. The Morgan fingerprint density at radius 1 is 0.538 bits per heavy atom. The van der Waals surface area contributed by atoms with Gasteiger partial charge in [0.1, 0.15) is 0 Å². The molecule has 26 heavy (non-hydrogen) atoms. The van der Waals surface area contributed by atoms with Crippen LogP contribution in [0.15, 0.2) is 0 Å². The van der Waals surface area contributed by atoms with E-state index in [1.807, 2.05) is 0 Å². The number of halogens is 12. The van der Waals surface area contributed by atoms with E-state index in [1.165, 1.54) is 13.1 Å². The van der Waals surface area contributed by atoms with Crippen molar-refractivity contribution in [3.8, 4) is 0 Å². The minimum absolute atomic E-state index is 0.688. The van der Waals surface area contributed by atoms with Crippen molar-refractivity contribution < 1.29 is 52.7 Å². The fourth-order valence-corrected chi connectivity index (χ4v) is 2.89. The third-order valence-corrected chi connectivity index (χ3v) is 5.14. The van der Waals surface area contributed by atoms with E-state index in [4.69, 9.17) is 0 Å². The van der Waals surface area contributed by atoms with Gasteiger partial charge in [0, 0.05) is 21.6 Å². The molecule has 0 rings (SSSR count). The van der Waals surface area contributed by atoms with Crippen LogP contribution < -0.4 is 0 Å². The summed E-state index contributed by atoms with van der Waals surface area (Å²) in [6.45, 7) is 3.54. The fourth-order valence-electron chi connectivity index (χ4n) is 1.95. The predicted octanol–water partition coefficient (Wildman–Crippen LogP) is 6.48. The van der Waals surface area contributed by atoms with Crippen LogP contribution >= 0.6 is 0 Å². The summed E-state index contributed by atoms with van der Waals surface area (Å²) < 4.78 is 161. The maximum atomic E-state index is 13.5. The van der Waals surface area contributed by atoms with E-state index in [2.05, 4.69) is 0 Å². The standard InChI is InChI=1S/C13H18F12Si/c1-4-5-8(14,15)10(18,19)12(22,23)13(24,25)11(20,21)9(16,17)6-7-26(2)3/h26H,4-7H2,1-3H3. The summed E-state index contributed by atoms with van der Waals surface area (Å²) in [6, 6.07) is -0.688. The lowest BCUT2D eigenvalue weighted by molar-refractivity contribution is -0.425. The Kier molecular flexibility index (Phi) is 7.24. The Morgan fingerprint density at radius 3 is 1.12 bits per heavy atom. The first kappa shape index (κ1) is 25.4. The summed E-state index contributed by atoms with van der Waals surface area (Å²) >= 11 is 0. The van der Waals surface area contributed by atoms with Gasteiger partial charge in [-0.2, -0.15) is 52.7 Å². The summed E-state index contributed by atoms with van der Waals surface area (Å²) in [7, 11) is -2.02. The molecule has 0 saturated heterocycles. The minimum atomic E-state index is -7.43. The van der Waals surface area contributed by atoms with Crippen LogP contribution in [-0.2, 0) is 0 Å². The van der Waals surface area contributed by atoms with Gasteiger partial charge in [0.2, 0.25) is 0 Å². The van der Waals surface area contributed by atoms with E-state index in [9.17, 15) is 52.7 Å². The van der Waals surface area contributed by atoms with Crippen LogP contribution in [0.1, 0.15) is 26.2 Å². The molecule has 0 atom stereocenters. The topological polar surface area (TPSA) is 0 Å². The average Bonchev–Trinajstić information content (AvgIpc) is 2.44. The molecule has 13 heteroatoms. The maximum absolute atomic E-state index is 13.5. The molecule has 0 fully saturated rings. The molecule has 0 aromatic carbocycles. The Bertz CT molecular complexity index is 472. The third-order valence-electron chi connectivity index (χ3n) is 3.70. The molecular formula is C13H18F12Si. The van der Waals surface area contributed by atoms with Crippen molar-refractivity contribution in [1.82, 2.24) is 0 Å². The Labute approximate surface area is 143 Å². The zero-order valence-corrected chi connectivity index (χ0v) is 15.1. The fraction of sp³-hybridized carbons (Fsp3) is 1.00. The zero-order valence-electron chi connectivity index (χ0n) is 13.9. The second-order valence-corrected chi connectivity index (χ2v) is 9.75. The zero-order chi connectivity index (χ0) is 21.4. The number of rotatable bonds is 10. The Hall–Kier alpha value is -0.623. The third kappa shape index (κ3) is 3.96. The molecule has 0 aliphatic carbocycles. The molecular weight excluding hydrogens is 412 g/mol. The molecule has 0 aliphatic rings. The van der Waals surface area contributed by atoms with Crippen molar-refractivity contribution in [3.63, 3.8) is 0 Å². The van der Waals surface area contributed by atoms with Gasteiger partial charge in [-0.05, 0) is 0 Å². The molecule has 0 aromatic rings. The van der Waals surface area contributed by atoms with Gasteiger partial charge >= 0.3 is 35.5 Å². The van der Waals surface area contributed by atoms with E-state index in [-0.39, 0.29) is 0 Å². The van der Waals surface area contributed by atoms with Crippen LogP contribution in [0.5, 0.6) is 0 Å². The van der Waals surface area contributed by atoms with Crippen molar-refractivity contribution in [1.29, 1.82) is 0 Å². The van der Waals surface area contributed by atoms with Gasteiger partial charge in [-0.15, -0.1) is 0 Å². The molecule has 0 spiro atoms. The predicted molar refractivity (Wildman–Crippen MR) is 72.9 cm³/mol. The highest BCUT2D eigenvalue weighted by Gasteiger charge is 2.89. The first-order valence-electron chi connectivity index (χ1n) is 7.49. The van der Waals surface area contributed by atoms with Crippen molar-refractivity contribution in [2.75, 3.05) is 0 Å². The highest BCUT2D eigenvalue weighted by Crippen LogP contribution is 2.61. The molecule has 0 aromatic heterocycles. The van der Waals surface area contributed by atoms with Gasteiger partial charge in [0.25, 0.3) is 0 Å². The van der Waals surface area contributed by atoms with Crippen molar-refractivity contribution >= 4 is 8.80 Å². The lowest BCUT2D eigenvalue weighted by atomic mass is 9.89. The number of hydrogen-bond acceptors (Lipinski definition) is 0. The molecule has 0 amide bonds. The summed E-state index contributed by atoms with van der Waals surface area (Å²) in [5.41, 5.74) is 0. The monoisotopic (exact) mass is 430 g/mol. The van der Waals surface area contributed by atoms with Crippen molar-refractivity contribution in [2.45, 2.75) is 80.9 Å². The van der Waals surface area contributed by atoms with E-state index >= 15 is 0 Å². The lowest BCUT2D eigenvalue weighted by Crippen LogP contribution is -2.70. The van der Waals surface area contributed by atoms with Crippen LogP contribution in [0.2, 0.25) is 19.1 Å². The highest BCUT2D eigenvalue weighted by atomic mass is 28.3.